The van der Waals surface area contributed by atoms with Crippen molar-refractivity contribution < 1.29 is 19.1 Å². The summed E-state index contributed by atoms with van der Waals surface area (Å²) >= 11 is 1.31. The lowest BCUT2D eigenvalue weighted by Crippen LogP contribution is -2.33. The Morgan fingerprint density at radius 1 is 0.935 bits per heavy atom. The molecule has 0 aliphatic heterocycles. The Labute approximate surface area is 183 Å². The molecule has 3 rings (SSSR count). The first-order chi connectivity index (χ1) is 14.8. The molecule has 2 aromatic carbocycles. The normalized spacial score (nSPS) is 11.0. The Morgan fingerprint density at radius 3 is 2.23 bits per heavy atom. The summed E-state index contributed by atoms with van der Waals surface area (Å²) in [6.45, 7) is 5.50. The minimum Gasteiger partial charge on any atom is -0.422 e. The number of anilines is 1. The molecular weight excluding hydrogens is 414 g/mol. The van der Waals surface area contributed by atoms with Crippen molar-refractivity contribution in [3.63, 3.8) is 0 Å². The van der Waals surface area contributed by atoms with E-state index in [9.17, 15) is 14.4 Å². The van der Waals surface area contributed by atoms with Gasteiger partial charge >= 0.3 is 17.8 Å². The van der Waals surface area contributed by atoms with E-state index in [1.54, 1.807) is 60.8 Å². The van der Waals surface area contributed by atoms with Crippen LogP contribution in [0.3, 0.4) is 0 Å². The second-order valence-electron chi connectivity index (χ2n) is 6.86. The Kier molecular flexibility index (Phi) is 6.94. The van der Waals surface area contributed by atoms with Gasteiger partial charge in [-0.2, -0.15) is 5.10 Å². The van der Waals surface area contributed by atoms with Gasteiger partial charge in [0.1, 0.15) is 10.6 Å². The number of benzene rings is 2. The molecular formula is C23H21N3O4S. The number of nitrogens with zero attached hydrogens (tertiary/aromatic N) is 1. The molecule has 1 heterocycles. The lowest BCUT2D eigenvalue weighted by molar-refractivity contribution is -0.136. The van der Waals surface area contributed by atoms with Crippen molar-refractivity contribution in [1.29, 1.82) is 0 Å². The molecule has 1 aromatic heterocycles. The topological polar surface area (TPSA) is 96.9 Å². The lowest BCUT2D eigenvalue weighted by atomic mass is 10.1. The fourth-order valence-electron chi connectivity index (χ4n) is 2.80. The number of carbonyl (C=O) groups is 3. The molecule has 0 aliphatic carbocycles. The summed E-state index contributed by atoms with van der Waals surface area (Å²) in [5.41, 5.74) is 5.95. The molecule has 2 N–H and O–H groups in total. The van der Waals surface area contributed by atoms with Crippen molar-refractivity contribution in [3.05, 3.63) is 81.5 Å². The predicted molar refractivity (Wildman–Crippen MR) is 121 cm³/mol. The highest BCUT2D eigenvalue weighted by Crippen LogP contribution is 2.17. The van der Waals surface area contributed by atoms with Crippen LogP contribution in [0.1, 0.15) is 33.3 Å². The quantitative estimate of drug-likeness (QED) is 0.208. The summed E-state index contributed by atoms with van der Waals surface area (Å²) in [6.07, 6.45) is 0. The van der Waals surface area contributed by atoms with Crippen LogP contribution in [0, 0.1) is 13.8 Å². The molecule has 3 aromatic rings. The molecule has 0 unspecified atom stereocenters. The van der Waals surface area contributed by atoms with Crippen LogP contribution in [0.15, 0.2) is 65.1 Å². The average Bonchev–Trinajstić information content (AvgIpc) is 3.26. The summed E-state index contributed by atoms with van der Waals surface area (Å²) in [4.78, 5) is 36.6. The molecule has 8 heteroatoms. The number of ether oxygens (including phenoxy) is 1. The highest BCUT2D eigenvalue weighted by atomic mass is 32.1. The molecule has 0 fully saturated rings. The first-order valence-corrected chi connectivity index (χ1v) is 10.3. The standard InChI is InChI=1S/C23H21N3O4S/c1-14-11-15(2)13-18(12-14)24-21(27)22(28)26-25-16(3)17-6-8-19(9-7-17)30-23(29)20-5-4-10-31-20/h4-13H,1-3H3,(H,24,27)(H,26,28). The first-order valence-electron chi connectivity index (χ1n) is 9.42. The monoisotopic (exact) mass is 435 g/mol. The fraction of sp³-hybridized carbons (Fsp3) is 0.130. The zero-order valence-electron chi connectivity index (χ0n) is 17.3. The third-order valence-corrected chi connectivity index (χ3v) is 5.07. The minimum atomic E-state index is -0.875. The molecule has 0 radical (unpaired) electrons. The van der Waals surface area contributed by atoms with Crippen LogP contribution < -0.4 is 15.5 Å². The van der Waals surface area contributed by atoms with Crippen molar-refractivity contribution in [2.45, 2.75) is 20.8 Å². The smallest absolute Gasteiger partial charge is 0.353 e. The minimum absolute atomic E-state index is 0.395. The molecule has 0 aliphatic rings. The maximum Gasteiger partial charge on any atom is 0.353 e. The van der Waals surface area contributed by atoms with E-state index >= 15 is 0 Å². The SMILES string of the molecule is CC(=NNC(=O)C(=O)Nc1cc(C)cc(C)c1)c1ccc(OC(=O)c2cccs2)cc1. The van der Waals surface area contributed by atoms with Crippen molar-refractivity contribution >= 4 is 40.5 Å². The number of carbonyl (C=O) groups excluding carboxylic acids is 3. The molecule has 0 bridgehead atoms. The maximum atomic E-state index is 12.1. The van der Waals surface area contributed by atoms with Crippen LogP contribution in [0.4, 0.5) is 5.69 Å². The summed E-state index contributed by atoms with van der Waals surface area (Å²) < 4.78 is 5.31. The average molecular weight is 436 g/mol. The van der Waals surface area contributed by atoms with Crippen molar-refractivity contribution in [3.8, 4) is 5.75 Å². The molecule has 31 heavy (non-hydrogen) atoms. The van der Waals surface area contributed by atoms with Gasteiger partial charge in [-0.15, -0.1) is 11.3 Å². The second kappa shape index (κ2) is 9.82. The van der Waals surface area contributed by atoms with Crippen LogP contribution in [0.5, 0.6) is 5.75 Å². The number of rotatable bonds is 5. The number of esters is 1. The van der Waals surface area contributed by atoms with Crippen LogP contribution >= 0.6 is 11.3 Å². The van der Waals surface area contributed by atoms with E-state index in [-0.39, 0.29) is 0 Å². The van der Waals surface area contributed by atoms with Crippen LogP contribution in [-0.2, 0) is 9.59 Å². The van der Waals surface area contributed by atoms with E-state index < -0.39 is 17.8 Å². The summed E-state index contributed by atoms with van der Waals surface area (Å²) in [5, 5.41) is 8.33. The third kappa shape index (κ3) is 6.10. The van der Waals surface area contributed by atoms with E-state index in [2.05, 4.69) is 15.8 Å². The lowest BCUT2D eigenvalue weighted by Gasteiger charge is -2.07. The largest absolute Gasteiger partial charge is 0.422 e. The molecule has 0 saturated heterocycles. The van der Waals surface area contributed by atoms with Gasteiger partial charge in [0.25, 0.3) is 0 Å². The summed E-state index contributed by atoms with van der Waals surface area (Å²) in [7, 11) is 0. The number of aryl methyl sites for hydroxylation is 2. The van der Waals surface area contributed by atoms with Gasteiger partial charge in [-0.05, 0) is 85.3 Å². The van der Waals surface area contributed by atoms with Crippen LogP contribution in [0.25, 0.3) is 0 Å². The van der Waals surface area contributed by atoms with Crippen molar-refractivity contribution in [2.75, 3.05) is 5.32 Å². The molecule has 0 saturated carbocycles. The molecule has 7 nitrogen and oxygen atoms in total. The zero-order valence-corrected chi connectivity index (χ0v) is 18.1. The van der Waals surface area contributed by atoms with E-state index in [1.165, 1.54) is 11.3 Å². The number of nitrogens with one attached hydrogen (secondary N) is 2. The highest BCUT2D eigenvalue weighted by molar-refractivity contribution is 7.12. The van der Waals surface area contributed by atoms with E-state index in [1.807, 2.05) is 19.9 Å². The number of hydrogen-bond donors (Lipinski definition) is 2. The van der Waals surface area contributed by atoms with Gasteiger partial charge in [-0.3, -0.25) is 9.59 Å². The van der Waals surface area contributed by atoms with E-state index in [0.717, 1.165) is 11.1 Å². The van der Waals surface area contributed by atoms with Gasteiger partial charge in [-0.25, -0.2) is 10.2 Å². The molecule has 158 valence electrons. The number of thiophene rings is 1. The van der Waals surface area contributed by atoms with Gasteiger partial charge in [0.05, 0.1) is 5.71 Å². The number of hydrazone groups is 1. The van der Waals surface area contributed by atoms with Gasteiger partial charge in [0, 0.05) is 5.69 Å². The molecule has 2 amide bonds. The van der Waals surface area contributed by atoms with Crippen molar-refractivity contribution in [1.82, 2.24) is 5.43 Å². The summed E-state index contributed by atoms with van der Waals surface area (Å²) in [6, 6.07) is 15.7. The summed E-state index contributed by atoms with van der Waals surface area (Å²) in [5.74, 6) is -1.71. The van der Waals surface area contributed by atoms with E-state index in [4.69, 9.17) is 4.74 Å². The second-order valence-corrected chi connectivity index (χ2v) is 7.81. The van der Waals surface area contributed by atoms with Crippen LogP contribution in [0.2, 0.25) is 0 Å². The van der Waals surface area contributed by atoms with E-state index in [0.29, 0.717) is 27.6 Å². The third-order valence-electron chi connectivity index (χ3n) is 4.22. The molecule has 0 atom stereocenters. The fourth-order valence-corrected chi connectivity index (χ4v) is 3.40. The van der Waals surface area contributed by atoms with Gasteiger partial charge < -0.3 is 10.1 Å². The van der Waals surface area contributed by atoms with Gasteiger partial charge in [-0.1, -0.05) is 12.1 Å². The van der Waals surface area contributed by atoms with Gasteiger partial charge in [0.2, 0.25) is 0 Å². The Morgan fingerprint density at radius 2 is 1.61 bits per heavy atom. The molecule has 0 spiro atoms. The Hall–Kier alpha value is -3.78. The first kappa shape index (κ1) is 21.9. The highest BCUT2D eigenvalue weighted by Gasteiger charge is 2.14. The zero-order chi connectivity index (χ0) is 22.4. The maximum absolute atomic E-state index is 12.1. The predicted octanol–water partition coefficient (Wildman–Crippen LogP) is 4.06. The van der Waals surface area contributed by atoms with Crippen molar-refractivity contribution in [2.24, 2.45) is 5.10 Å². The number of amides is 2. The Bertz CT molecular complexity index is 1120. The van der Waals surface area contributed by atoms with Crippen LogP contribution in [-0.4, -0.2) is 23.5 Å². The Balaban J connectivity index is 1.57. The number of hydrogen-bond acceptors (Lipinski definition) is 6. The van der Waals surface area contributed by atoms with Gasteiger partial charge in [0.15, 0.2) is 0 Å².